The van der Waals surface area contributed by atoms with Crippen molar-refractivity contribution in [3.63, 3.8) is 0 Å². The molecule has 26 heavy (non-hydrogen) atoms. The molecule has 0 amide bonds. The molecule has 0 bridgehead atoms. The van der Waals surface area contributed by atoms with Gasteiger partial charge in [-0.15, -0.1) is 0 Å². The fourth-order valence-corrected chi connectivity index (χ4v) is 4.11. The summed E-state index contributed by atoms with van der Waals surface area (Å²) in [5.74, 6) is 1.66. The van der Waals surface area contributed by atoms with Crippen LogP contribution in [0, 0.1) is 0 Å². The van der Waals surface area contributed by atoms with Gasteiger partial charge in [-0.25, -0.2) is 0 Å². The molecule has 138 valence electrons. The minimum absolute atomic E-state index is 0.0391. The van der Waals surface area contributed by atoms with Crippen molar-refractivity contribution in [1.29, 1.82) is 0 Å². The number of hydrogen-bond acceptors (Lipinski definition) is 5. The Kier molecular flexibility index (Phi) is 5.68. The van der Waals surface area contributed by atoms with Crippen LogP contribution in [0.1, 0.15) is 30.1 Å². The fraction of sp³-hybridized carbons (Fsp3) is 0.429. The highest BCUT2D eigenvalue weighted by molar-refractivity contribution is 7.96. The van der Waals surface area contributed by atoms with Crippen LogP contribution in [-0.2, 0) is 6.54 Å². The maximum absolute atomic E-state index is 6.09. The van der Waals surface area contributed by atoms with Crippen molar-refractivity contribution >= 4 is 11.9 Å². The standard InChI is InChI=1S/C21H26N2O2S/c1-26-23-12-10-18(11-13-23)22-14-16-6-8-17(9-7-16)21-15-24-19-4-2-3-5-20(19)25-21/h2-9,18,21-22H,10-15H2,1H3. The van der Waals surface area contributed by atoms with Crippen LogP contribution in [-0.4, -0.2) is 36.3 Å². The van der Waals surface area contributed by atoms with Gasteiger partial charge in [-0.1, -0.05) is 48.3 Å². The largest absolute Gasteiger partial charge is 0.485 e. The van der Waals surface area contributed by atoms with E-state index >= 15 is 0 Å². The zero-order chi connectivity index (χ0) is 17.8. The zero-order valence-electron chi connectivity index (χ0n) is 15.2. The summed E-state index contributed by atoms with van der Waals surface area (Å²) in [7, 11) is 0. The van der Waals surface area contributed by atoms with E-state index in [1.165, 1.54) is 31.5 Å². The third-order valence-electron chi connectivity index (χ3n) is 5.17. The minimum atomic E-state index is -0.0391. The van der Waals surface area contributed by atoms with Crippen molar-refractivity contribution in [2.24, 2.45) is 0 Å². The summed E-state index contributed by atoms with van der Waals surface area (Å²) in [6.45, 7) is 3.84. The van der Waals surface area contributed by atoms with Crippen molar-refractivity contribution in [3.05, 3.63) is 59.7 Å². The van der Waals surface area contributed by atoms with Crippen LogP contribution < -0.4 is 14.8 Å². The monoisotopic (exact) mass is 370 g/mol. The van der Waals surface area contributed by atoms with Gasteiger partial charge in [0.1, 0.15) is 6.61 Å². The highest BCUT2D eigenvalue weighted by atomic mass is 32.2. The number of para-hydroxylation sites is 2. The molecule has 0 aromatic heterocycles. The molecule has 2 aliphatic rings. The van der Waals surface area contributed by atoms with E-state index in [-0.39, 0.29) is 6.10 Å². The molecular formula is C21H26N2O2S. The third-order valence-corrected chi connectivity index (χ3v) is 6.05. The average Bonchev–Trinajstić information content (AvgIpc) is 2.72. The van der Waals surface area contributed by atoms with Gasteiger partial charge in [-0.3, -0.25) is 4.31 Å². The molecule has 0 spiro atoms. The van der Waals surface area contributed by atoms with Crippen LogP contribution in [0.3, 0.4) is 0 Å². The maximum atomic E-state index is 6.09. The topological polar surface area (TPSA) is 33.7 Å². The average molecular weight is 371 g/mol. The normalized spacial score (nSPS) is 20.9. The number of rotatable bonds is 5. The molecule has 4 nitrogen and oxygen atoms in total. The molecule has 1 unspecified atom stereocenters. The van der Waals surface area contributed by atoms with E-state index in [2.05, 4.69) is 40.1 Å². The lowest BCUT2D eigenvalue weighted by molar-refractivity contribution is 0.0913. The van der Waals surface area contributed by atoms with Crippen molar-refractivity contribution in [3.8, 4) is 11.5 Å². The molecule has 4 rings (SSSR count). The van der Waals surface area contributed by atoms with Gasteiger partial charge in [0.2, 0.25) is 0 Å². The first kappa shape index (κ1) is 17.7. The summed E-state index contributed by atoms with van der Waals surface area (Å²) in [5.41, 5.74) is 2.48. The molecule has 0 aliphatic carbocycles. The highest BCUT2D eigenvalue weighted by Crippen LogP contribution is 2.35. The maximum Gasteiger partial charge on any atom is 0.162 e. The molecule has 1 N–H and O–H groups in total. The zero-order valence-corrected chi connectivity index (χ0v) is 16.0. The summed E-state index contributed by atoms with van der Waals surface area (Å²) in [6.07, 6.45) is 4.58. The van der Waals surface area contributed by atoms with Crippen molar-refractivity contribution in [2.75, 3.05) is 26.0 Å². The van der Waals surface area contributed by atoms with Gasteiger partial charge >= 0.3 is 0 Å². The van der Waals surface area contributed by atoms with E-state index in [0.717, 1.165) is 23.6 Å². The van der Waals surface area contributed by atoms with Crippen LogP contribution >= 0.6 is 11.9 Å². The third kappa shape index (κ3) is 4.17. The summed E-state index contributed by atoms with van der Waals surface area (Å²) >= 11 is 1.86. The summed E-state index contributed by atoms with van der Waals surface area (Å²) < 4.78 is 14.4. The predicted molar refractivity (Wildman–Crippen MR) is 107 cm³/mol. The Balaban J connectivity index is 1.30. The molecule has 0 radical (unpaired) electrons. The number of benzene rings is 2. The van der Waals surface area contributed by atoms with Gasteiger partial charge in [0, 0.05) is 25.7 Å². The Labute approximate surface area is 160 Å². The lowest BCUT2D eigenvalue weighted by Gasteiger charge is -2.30. The molecule has 0 saturated carbocycles. The summed E-state index contributed by atoms with van der Waals surface area (Å²) in [5, 5.41) is 3.70. The molecule has 1 atom stereocenters. The molecular weight excluding hydrogens is 344 g/mol. The van der Waals surface area contributed by atoms with Crippen LogP contribution in [0.5, 0.6) is 11.5 Å². The lowest BCUT2D eigenvalue weighted by Crippen LogP contribution is -2.39. The quantitative estimate of drug-likeness (QED) is 0.804. The van der Waals surface area contributed by atoms with Crippen molar-refractivity contribution in [2.45, 2.75) is 31.5 Å². The van der Waals surface area contributed by atoms with E-state index < -0.39 is 0 Å². The van der Waals surface area contributed by atoms with Crippen LogP contribution in [0.2, 0.25) is 0 Å². The minimum Gasteiger partial charge on any atom is -0.485 e. The van der Waals surface area contributed by atoms with Gasteiger partial charge in [-0.05, 0) is 42.4 Å². The first-order chi connectivity index (χ1) is 12.8. The van der Waals surface area contributed by atoms with Gasteiger partial charge in [0.25, 0.3) is 0 Å². The molecule has 2 aromatic rings. The van der Waals surface area contributed by atoms with Crippen molar-refractivity contribution < 1.29 is 9.47 Å². The predicted octanol–water partition coefficient (Wildman–Crippen LogP) is 4.03. The second-order valence-electron chi connectivity index (χ2n) is 6.87. The molecule has 1 saturated heterocycles. The highest BCUT2D eigenvalue weighted by Gasteiger charge is 2.22. The number of piperidine rings is 1. The number of nitrogens with zero attached hydrogens (tertiary/aromatic N) is 1. The van der Waals surface area contributed by atoms with Crippen molar-refractivity contribution in [1.82, 2.24) is 9.62 Å². The number of ether oxygens (including phenoxy) is 2. The Bertz CT molecular complexity index is 714. The Morgan fingerprint density at radius 1 is 1.04 bits per heavy atom. The SMILES string of the molecule is CSN1CCC(NCc2ccc(C3COc4ccccc4O3)cc2)CC1. The van der Waals surface area contributed by atoms with Crippen LogP contribution in [0.25, 0.3) is 0 Å². The van der Waals surface area contributed by atoms with E-state index in [4.69, 9.17) is 9.47 Å². The van der Waals surface area contributed by atoms with E-state index in [1.54, 1.807) is 0 Å². The van der Waals surface area contributed by atoms with E-state index in [9.17, 15) is 0 Å². The van der Waals surface area contributed by atoms with E-state index in [1.807, 2.05) is 36.2 Å². The van der Waals surface area contributed by atoms with Gasteiger partial charge in [0.15, 0.2) is 17.6 Å². The second-order valence-corrected chi connectivity index (χ2v) is 7.75. The molecule has 2 heterocycles. The van der Waals surface area contributed by atoms with Gasteiger partial charge in [0.05, 0.1) is 0 Å². The molecule has 5 heteroatoms. The Morgan fingerprint density at radius 2 is 1.77 bits per heavy atom. The number of nitrogens with one attached hydrogen (secondary N) is 1. The Hall–Kier alpha value is -1.69. The fourth-order valence-electron chi connectivity index (χ4n) is 3.54. The second kappa shape index (κ2) is 8.33. The first-order valence-electron chi connectivity index (χ1n) is 9.31. The number of hydrogen-bond donors (Lipinski definition) is 1. The molecule has 2 aromatic carbocycles. The van der Waals surface area contributed by atoms with Crippen LogP contribution in [0.4, 0.5) is 0 Å². The Morgan fingerprint density at radius 3 is 2.50 bits per heavy atom. The summed E-state index contributed by atoms with van der Waals surface area (Å²) in [4.78, 5) is 0. The molecule has 2 aliphatic heterocycles. The van der Waals surface area contributed by atoms with Gasteiger partial charge in [-0.2, -0.15) is 0 Å². The first-order valence-corrected chi connectivity index (χ1v) is 10.5. The summed E-state index contributed by atoms with van der Waals surface area (Å²) in [6, 6.07) is 17.2. The van der Waals surface area contributed by atoms with Crippen LogP contribution in [0.15, 0.2) is 48.5 Å². The van der Waals surface area contributed by atoms with E-state index in [0.29, 0.717) is 12.6 Å². The molecule has 1 fully saturated rings. The lowest BCUT2D eigenvalue weighted by atomic mass is 10.0. The van der Waals surface area contributed by atoms with Gasteiger partial charge < -0.3 is 14.8 Å². The smallest absolute Gasteiger partial charge is 0.162 e. The number of fused-ring (bicyclic) bond motifs is 1.